The summed E-state index contributed by atoms with van der Waals surface area (Å²) in [5.41, 5.74) is 0. The molecule has 1 heterocycles. The van der Waals surface area contributed by atoms with Gasteiger partial charge in [0, 0.05) is 18.7 Å². The number of ether oxygens (including phenoxy) is 1. The van der Waals surface area contributed by atoms with Crippen LogP contribution in [-0.4, -0.2) is 44.8 Å². The first kappa shape index (κ1) is 19.0. The zero-order valence-corrected chi connectivity index (χ0v) is 14.2. The predicted octanol–water partition coefficient (Wildman–Crippen LogP) is 2.74. The predicted molar refractivity (Wildman–Crippen MR) is 83.2 cm³/mol. The van der Waals surface area contributed by atoms with Gasteiger partial charge >= 0.3 is 6.36 Å². The van der Waals surface area contributed by atoms with Crippen LogP contribution in [0.2, 0.25) is 0 Å². The second kappa shape index (κ2) is 7.71. The van der Waals surface area contributed by atoms with Crippen LogP contribution in [0.5, 0.6) is 5.75 Å². The first-order valence-electron chi connectivity index (χ1n) is 7.82. The highest BCUT2D eigenvalue weighted by Gasteiger charge is 2.34. The van der Waals surface area contributed by atoms with Crippen LogP contribution in [0.1, 0.15) is 26.2 Å². The third-order valence-corrected chi connectivity index (χ3v) is 5.75. The monoisotopic (exact) mass is 366 g/mol. The number of halogens is 3. The molecule has 24 heavy (non-hydrogen) atoms. The van der Waals surface area contributed by atoms with Gasteiger partial charge in [-0.15, -0.1) is 13.2 Å². The molecule has 1 aromatic rings. The largest absolute Gasteiger partial charge is 0.573 e. The van der Waals surface area contributed by atoms with Gasteiger partial charge in [-0.3, -0.25) is 0 Å². The molecule has 1 fully saturated rings. The van der Waals surface area contributed by atoms with E-state index in [0.717, 1.165) is 25.2 Å². The van der Waals surface area contributed by atoms with E-state index in [1.54, 1.807) is 0 Å². The van der Waals surface area contributed by atoms with Gasteiger partial charge in [0.1, 0.15) is 5.75 Å². The van der Waals surface area contributed by atoms with Gasteiger partial charge in [0.2, 0.25) is 10.0 Å². The lowest BCUT2D eigenvalue weighted by atomic mass is 10.1. The first-order valence-corrected chi connectivity index (χ1v) is 9.26. The standard InChI is InChI=1S/C15H21F3N2O3S/c1-2-10-20(12-6-8-19-9-7-12)24(21,22)14-5-3-4-13(11-14)23-15(16,17)18/h3-5,11-12,19H,2,6-10H2,1H3. The number of alkyl halides is 3. The Morgan fingerprint density at radius 2 is 1.96 bits per heavy atom. The van der Waals surface area contributed by atoms with Gasteiger partial charge in [-0.1, -0.05) is 13.0 Å². The van der Waals surface area contributed by atoms with Gasteiger partial charge in [0.05, 0.1) is 4.90 Å². The minimum absolute atomic E-state index is 0.150. The van der Waals surface area contributed by atoms with Crippen molar-refractivity contribution in [1.29, 1.82) is 0 Å². The molecule has 1 aromatic carbocycles. The SMILES string of the molecule is CCCN(C1CCNCC1)S(=O)(=O)c1cccc(OC(F)(F)F)c1. The summed E-state index contributed by atoms with van der Waals surface area (Å²) >= 11 is 0. The molecule has 9 heteroatoms. The van der Waals surface area contributed by atoms with E-state index in [4.69, 9.17) is 0 Å². The number of sulfonamides is 1. The van der Waals surface area contributed by atoms with E-state index < -0.39 is 22.1 Å². The van der Waals surface area contributed by atoms with Crippen LogP contribution in [0.15, 0.2) is 29.2 Å². The maximum atomic E-state index is 12.9. The highest BCUT2D eigenvalue weighted by Crippen LogP contribution is 2.28. The van der Waals surface area contributed by atoms with Gasteiger partial charge in [-0.2, -0.15) is 4.31 Å². The molecule has 136 valence electrons. The number of nitrogens with zero attached hydrogens (tertiary/aromatic N) is 1. The number of hydrogen-bond acceptors (Lipinski definition) is 4. The van der Waals surface area contributed by atoms with E-state index in [0.29, 0.717) is 25.8 Å². The Hall–Kier alpha value is -1.32. The van der Waals surface area contributed by atoms with Gasteiger partial charge in [-0.25, -0.2) is 8.42 Å². The Balaban J connectivity index is 2.30. The summed E-state index contributed by atoms with van der Waals surface area (Å²) in [7, 11) is -3.88. The summed E-state index contributed by atoms with van der Waals surface area (Å²) in [5.74, 6) is -0.537. The van der Waals surface area contributed by atoms with Crippen molar-refractivity contribution in [2.75, 3.05) is 19.6 Å². The molecule has 0 atom stereocenters. The second-order valence-corrected chi connectivity index (χ2v) is 7.51. The zero-order valence-electron chi connectivity index (χ0n) is 13.3. The average molecular weight is 366 g/mol. The quantitative estimate of drug-likeness (QED) is 0.841. The third-order valence-electron chi connectivity index (χ3n) is 3.81. The molecule has 2 rings (SSSR count). The van der Waals surface area contributed by atoms with Crippen LogP contribution < -0.4 is 10.1 Å². The molecule has 0 amide bonds. The van der Waals surface area contributed by atoms with E-state index in [1.807, 2.05) is 6.92 Å². The molecular formula is C15H21F3N2O3S. The fourth-order valence-electron chi connectivity index (χ4n) is 2.78. The van der Waals surface area contributed by atoms with Crippen molar-refractivity contribution >= 4 is 10.0 Å². The van der Waals surface area contributed by atoms with Crippen molar-refractivity contribution < 1.29 is 26.3 Å². The molecular weight excluding hydrogens is 345 g/mol. The van der Waals surface area contributed by atoms with Crippen molar-refractivity contribution in [3.05, 3.63) is 24.3 Å². The Bertz CT molecular complexity index is 644. The van der Waals surface area contributed by atoms with Crippen LogP contribution in [0.4, 0.5) is 13.2 Å². The van der Waals surface area contributed by atoms with Crippen LogP contribution in [0.3, 0.4) is 0 Å². The maximum Gasteiger partial charge on any atom is 0.573 e. The average Bonchev–Trinajstić information content (AvgIpc) is 2.52. The summed E-state index contributed by atoms with van der Waals surface area (Å²) in [6.07, 6.45) is -2.88. The summed E-state index contributed by atoms with van der Waals surface area (Å²) < 4.78 is 68.1. The Labute approximate surface area is 139 Å². The molecule has 0 saturated carbocycles. The molecule has 1 saturated heterocycles. The second-order valence-electron chi connectivity index (χ2n) is 5.62. The molecule has 0 unspecified atom stereocenters. The van der Waals surface area contributed by atoms with E-state index in [1.165, 1.54) is 16.4 Å². The summed E-state index contributed by atoms with van der Waals surface area (Å²) in [6, 6.07) is 4.40. The van der Waals surface area contributed by atoms with Crippen LogP contribution >= 0.6 is 0 Å². The Morgan fingerprint density at radius 3 is 2.54 bits per heavy atom. The fourth-order valence-corrected chi connectivity index (χ4v) is 4.59. The van der Waals surface area contributed by atoms with Crippen LogP contribution in [0.25, 0.3) is 0 Å². The highest BCUT2D eigenvalue weighted by atomic mass is 32.2. The number of hydrogen-bond donors (Lipinski definition) is 1. The minimum atomic E-state index is -4.86. The highest BCUT2D eigenvalue weighted by molar-refractivity contribution is 7.89. The summed E-state index contributed by atoms with van der Waals surface area (Å²) in [5, 5.41) is 3.17. The van der Waals surface area contributed by atoms with Gasteiger partial charge < -0.3 is 10.1 Å². The van der Waals surface area contributed by atoms with Crippen molar-refractivity contribution in [1.82, 2.24) is 9.62 Å². The maximum absolute atomic E-state index is 12.9. The molecule has 0 spiro atoms. The van der Waals surface area contributed by atoms with Crippen molar-refractivity contribution in [2.45, 2.75) is 43.5 Å². The van der Waals surface area contributed by atoms with E-state index >= 15 is 0 Å². The number of rotatable bonds is 6. The summed E-state index contributed by atoms with van der Waals surface area (Å²) in [4.78, 5) is -0.184. The molecule has 0 radical (unpaired) electrons. The normalized spacial score (nSPS) is 17.2. The fraction of sp³-hybridized carbons (Fsp3) is 0.600. The molecule has 1 aliphatic heterocycles. The molecule has 1 aliphatic rings. The third kappa shape index (κ3) is 4.84. The van der Waals surface area contributed by atoms with Crippen LogP contribution in [-0.2, 0) is 10.0 Å². The Morgan fingerprint density at radius 1 is 1.29 bits per heavy atom. The van der Waals surface area contributed by atoms with Gasteiger partial charge in [0.15, 0.2) is 0 Å². The number of benzene rings is 1. The Kier molecular flexibility index (Phi) is 6.11. The van der Waals surface area contributed by atoms with E-state index in [-0.39, 0.29) is 10.9 Å². The summed E-state index contributed by atoms with van der Waals surface area (Å²) in [6.45, 7) is 3.64. The first-order chi connectivity index (χ1) is 11.2. The topological polar surface area (TPSA) is 58.6 Å². The number of piperidine rings is 1. The lowest BCUT2D eigenvalue weighted by molar-refractivity contribution is -0.274. The minimum Gasteiger partial charge on any atom is -0.406 e. The van der Waals surface area contributed by atoms with Gasteiger partial charge in [-0.05, 0) is 44.5 Å². The van der Waals surface area contributed by atoms with Crippen molar-refractivity contribution in [2.24, 2.45) is 0 Å². The lowest BCUT2D eigenvalue weighted by Crippen LogP contribution is -2.46. The molecule has 1 N–H and O–H groups in total. The van der Waals surface area contributed by atoms with Crippen molar-refractivity contribution in [3.8, 4) is 5.75 Å². The zero-order chi connectivity index (χ0) is 17.8. The van der Waals surface area contributed by atoms with Crippen molar-refractivity contribution in [3.63, 3.8) is 0 Å². The molecule has 5 nitrogen and oxygen atoms in total. The smallest absolute Gasteiger partial charge is 0.406 e. The van der Waals surface area contributed by atoms with Gasteiger partial charge in [0.25, 0.3) is 0 Å². The van der Waals surface area contributed by atoms with E-state index in [2.05, 4.69) is 10.1 Å². The molecule has 0 bridgehead atoms. The van der Waals surface area contributed by atoms with Crippen LogP contribution in [0, 0.1) is 0 Å². The number of nitrogens with one attached hydrogen (secondary N) is 1. The molecule has 0 aliphatic carbocycles. The molecule has 0 aromatic heterocycles. The van der Waals surface area contributed by atoms with E-state index in [9.17, 15) is 21.6 Å². The lowest BCUT2D eigenvalue weighted by Gasteiger charge is -2.33.